The average molecular weight is 334 g/mol. The van der Waals surface area contributed by atoms with E-state index in [9.17, 15) is 13.6 Å². The summed E-state index contributed by atoms with van der Waals surface area (Å²) in [5.41, 5.74) is 0.845. The van der Waals surface area contributed by atoms with Crippen LogP contribution in [0.3, 0.4) is 0 Å². The Hall–Kier alpha value is -2.57. The van der Waals surface area contributed by atoms with E-state index in [4.69, 9.17) is 9.84 Å². The summed E-state index contributed by atoms with van der Waals surface area (Å²) in [4.78, 5) is 19.4. The van der Waals surface area contributed by atoms with Gasteiger partial charge in [0, 0.05) is 12.0 Å². The highest BCUT2D eigenvalue weighted by Gasteiger charge is 2.50. The van der Waals surface area contributed by atoms with Crippen LogP contribution < -0.4 is 4.74 Å². The molecule has 3 atom stereocenters. The average Bonchev–Trinajstić information content (AvgIpc) is 3.25. The standard InChI is InChI=1S/C17H16F2N2O3/c1-8-15(7-20-9(2)21-8)24-16(13-6-14(13)17(22)23)10-3-11(18)5-12(19)4-10/h3-5,7,13-14,16H,6H2,1-2H3,(H,22,23). The van der Waals surface area contributed by atoms with E-state index in [1.54, 1.807) is 13.8 Å². The molecule has 0 amide bonds. The minimum atomic E-state index is -0.942. The Morgan fingerprint density at radius 2 is 1.96 bits per heavy atom. The van der Waals surface area contributed by atoms with Crippen molar-refractivity contribution in [3.63, 3.8) is 0 Å². The maximum absolute atomic E-state index is 13.6. The van der Waals surface area contributed by atoms with E-state index in [0.717, 1.165) is 18.2 Å². The summed E-state index contributed by atoms with van der Waals surface area (Å²) in [6.07, 6.45) is 1.10. The van der Waals surface area contributed by atoms with Crippen LogP contribution in [0.2, 0.25) is 0 Å². The first-order valence-corrected chi connectivity index (χ1v) is 7.51. The van der Waals surface area contributed by atoms with Crippen LogP contribution in [-0.4, -0.2) is 21.0 Å². The topological polar surface area (TPSA) is 72.3 Å². The summed E-state index contributed by atoms with van der Waals surface area (Å²) in [6, 6.07) is 3.09. The summed E-state index contributed by atoms with van der Waals surface area (Å²) in [5, 5.41) is 9.16. The van der Waals surface area contributed by atoms with Crippen LogP contribution >= 0.6 is 0 Å². The molecule has 3 rings (SSSR count). The normalized spacial score (nSPS) is 20.5. The molecule has 1 saturated carbocycles. The summed E-state index contributed by atoms with van der Waals surface area (Å²) in [5.74, 6) is -2.42. The molecule has 1 aromatic carbocycles. The zero-order chi connectivity index (χ0) is 17.4. The van der Waals surface area contributed by atoms with E-state index in [0.29, 0.717) is 23.7 Å². The van der Waals surface area contributed by atoms with Gasteiger partial charge in [-0.05, 0) is 38.0 Å². The molecule has 0 radical (unpaired) electrons. The van der Waals surface area contributed by atoms with Crippen molar-refractivity contribution in [1.29, 1.82) is 0 Å². The van der Waals surface area contributed by atoms with Gasteiger partial charge in [0.25, 0.3) is 0 Å². The molecular weight excluding hydrogens is 318 g/mol. The number of carboxylic acids is 1. The van der Waals surface area contributed by atoms with Crippen LogP contribution in [-0.2, 0) is 4.79 Å². The lowest BCUT2D eigenvalue weighted by Crippen LogP contribution is -2.15. The molecule has 1 aliphatic rings. The molecule has 1 N–H and O–H groups in total. The highest BCUT2D eigenvalue weighted by molar-refractivity contribution is 5.73. The number of ether oxygens (including phenoxy) is 1. The third-order valence-electron chi connectivity index (χ3n) is 4.07. The molecule has 1 aromatic heterocycles. The minimum absolute atomic E-state index is 0.265. The molecule has 1 aliphatic carbocycles. The number of carbonyl (C=O) groups is 1. The van der Waals surface area contributed by atoms with E-state index in [2.05, 4.69) is 9.97 Å². The quantitative estimate of drug-likeness (QED) is 0.909. The molecule has 1 heterocycles. The van der Waals surface area contributed by atoms with E-state index in [1.807, 2.05) is 0 Å². The van der Waals surface area contributed by atoms with Gasteiger partial charge in [0.05, 0.1) is 17.8 Å². The van der Waals surface area contributed by atoms with E-state index in [-0.39, 0.29) is 11.5 Å². The molecule has 1 fully saturated rings. The van der Waals surface area contributed by atoms with Crippen molar-refractivity contribution in [3.8, 4) is 5.75 Å². The van der Waals surface area contributed by atoms with Gasteiger partial charge < -0.3 is 9.84 Å². The zero-order valence-electron chi connectivity index (χ0n) is 13.2. The number of nitrogens with zero attached hydrogens (tertiary/aromatic N) is 2. The van der Waals surface area contributed by atoms with Gasteiger partial charge in [-0.3, -0.25) is 4.79 Å². The van der Waals surface area contributed by atoms with Crippen LogP contribution in [0, 0.1) is 37.3 Å². The Morgan fingerprint density at radius 3 is 2.50 bits per heavy atom. The lowest BCUT2D eigenvalue weighted by atomic mass is 10.0. The minimum Gasteiger partial charge on any atom is -0.482 e. The van der Waals surface area contributed by atoms with Gasteiger partial charge in [-0.15, -0.1) is 0 Å². The second-order valence-electron chi connectivity index (χ2n) is 5.95. The molecule has 0 spiro atoms. The summed E-state index contributed by atoms with van der Waals surface area (Å²) < 4.78 is 33.0. The second kappa shape index (κ2) is 6.14. The van der Waals surface area contributed by atoms with Gasteiger partial charge in [0.15, 0.2) is 5.75 Å². The van der Waals surface area contributed by atoms with E-state index >= 15 is 0 Å². The predicted octanol–water partition coefficient (Wildman–Crippen LogP) is 3.21. The lowest BCUT2D eigenvalue weighted by Gasteiger charge is -2.20. The van der Waals surface area contributed by atoms with Crippen molar-refractivity contribution in [1.82, 2.24) is 9.97 Å². The van der Waals surface area contributed by atoms with Gasteiger partial charge in [-0.2, -0.15) is 0 Å². The maximum Gasteiger partial charge on any atom is 0.306 e. The molecule has 3 unspecified atom stereocenters. The van der Waals surface area contributed by atoms with Gasteiger partial charge in [0.2, 0.25) is 0 Å². The van der Waals surface area contributed by atoms with Gasteiger partial charge in [-0.25, -0.2) is 18.7 Å². The molecule has 5 nitrogen and oxygen atoms in total. The highest BCUT2D eigenvalue weighted by atomic mass is 19.1. The van der Waals surface area contributed by atoms with Crippen LogP contribution in [0.4, 0.5) is 8.78 Å². The van der Waals surface area contributed by atoms with E-state index < -0.39 is 29.6 Å². The number of halogens is 2. The van der Waals surface area contributed by atoms with Crippen molar-refractivity contribution < 1.29 is 23.4 Å². The maximum atomic E-state index is 13.6. The fraction of sp³-hybridized carbons (Fsp3) is 0.353. The molecule has 0 saturated heterocycles. The first-order valence-electron chi connectivity index (χ1n) is 7.51. The van der Waals surface area contributed by atoms with Crippen molar-refractivity contribution in [2.75, 3.05) is 0 Å². The first-order chi connectivity index (χ1) is 11.3. The Bertz CT molecular complexity index is 777. The largest absolute Gasteiger partial charge is 0.482 e. The SMILES string of the molecule is Cc1ncc(OC(c2cc(F)cc(F)c2)C2CC2C(=O)O)c(C)n1. The first kappa shape index (κ1) is 16.3. The van der Waals surface area contributed by atoms with Crippen molar-refractivity contribution >= 4 is 5.97 Å². The fourth-order valence-corrected chi connectivity index (χ4v) is 2.80. The molecule has 2 aromatic rings. The van der Waals surface area contributed by atoms with Crippen LogP contribution in [0.5, 0.6) is 5.75 Å². The van der Waals surface area contributed by atoms with E-state index in [1.165, 1.54) is 6.20 Å². The molecule has 126 valence electrons. The Balaban J connectivity index is 1.95. The Morgan fingerprint density at radius 1 is 1.29 bits per heavy atom. The molecular formula is C17H16F2N2O3. The van der Waals surface area contributed by atoms with Crippen molar-refractivity contribution in [2.45, 2.75) is 26.4 Å². The molecule has 0 aliphatic heterocycles. The summed E-state index contributed by atoms with van der Waals surface area (Å²) in [7, 11) is 0. The predicted molar refractivity (Wildman–Crippen MR) is 80.5 cm³/mol. The second-order valence-corrected chi connectivity index (χ2v) is 5.95. The van der Waals surface area contributed by atoms with Crippen LogP contribution in [0.1, 0.15) is 29.6 Å². The third kappa shape index (κ3) is 3.34. The highest BCUT2D eigenvalue weighted by Crippen LogP contribution is 2.49. The monoisotopic (exact) mass is 334 g/mol. The number of benzene rings is 1. The zero-order valence-corrected chi connectivity index (χ0v) is 13.2. The summed E-state index contributed by atoms with van der Waals surface area (Å²) in [6.45, 7) is 3.46. The number of hydrogen-bond donors (Lipinski definition) is 1. The lowest BCUT2D eigenvalue weighted by molar-refractivity contribution is -0.139. The van der Waals surface area contributed by atoms with Gasteiger partial charge >= 0.3 is 5.97 Å². The number of aromatic nitrogens is 2. The molecule has 0 bridgehead atoms. The number of rotatable bonds is 5. The van der Waals surface area contributed by atoms with Gasteiger partial charge in [-0.1, -0.05) is 0 Å². The number of carboxylic acid groups (broad SMARTS) is 1. The summed E-state index contributed by atoms with van der Waals surface area (Å²) >= 11 is 0. The number of hydrogen-bond acceptors (Lipinski definition) is 4. The third-order valence-corrected chi connectivity index (χ3v) is 4.07. The van der Waals surface area contributed by atoms with Crippen molar-refractivity contribution in [3.05, 3.63) is 53.1 Å². The van der Waals surface area contributed by atoms with Gasteiger partial charge in [0.1, 0.15) is 23.6 Å². The number of aryl methyl sites for hydroxylation is 2. The van der Waals surface area contributed by atoms with Crippen molar-refractivity contribution in [2.24, 2.45) is 11.8 Å². The molecule has 24 heavy (non-hydrogen) atoms. The Kier molecular flexibility index (Phi) is 4.17. The van der Waals surface area contributed by atoms with Crippen LogP contribution in [0.25, 0.3) is 0 Å². The molecule has 7 heteroatoms. The fourth-order valence-electron chi connectivity index (χ4n) is 2.80. The Labute approximate surface area is 137 Å². The smallest absolute Gasteiger partial charge is 0.306 e. The number of aliphatic carboxylic acids is 1. The van der Waals surface area contributed by atoms with Crippen LogP contribution in [0.15, 0.2) is 24.4 Å².